The molecular weight excluding hydrogens is 1270 g/mol. The van der Waals surface area contributed by atoms with Gasteiger partial charge in [0, 0.05) is 78.2 Å². The topological polar surface area (TPSA) is 276 Å². The number of methoxy groups -OCH3 is 2. The van der Waals surface area contributed by atoms with Gasteiger partial charge >= 0.3 is 18.0 Å². The van der Waals surface area contributed by atoms with Gasteiger partial charge in [0.25, 0.3) is 11.8 Å². The minimum absolute atomic E-state index is 0.00112. The van der Waals surface area contributed by atoms with Crippen molar-refractivity contribution in [2.24, 2.45) is 5.41 Å². The number of hydrogen-bond acceptors (Lipinski definition) is 17. The van der Waals surface area contributed by atoms with E-state index in [2.05, 4.69) is 10.6 Å². The molecule has 0 spiro atoms. The number of carbonyl (C=O) groups is 10. The second-order valence-electron chi connectivity index (χ2n) is 25.0. The molecule has 98 heavy (non-hydrogen) atoms. The molecule has 2 saturated heterocycles. The first-order chi connectivity index (χ1) is 47.0. The minimum Gasteiger partial charge on any atom is -0.493 e. The van der Waals surface area contributed by atoms with Gasteiger partial charge in [0.1, 0.15) is 42.6 Å². The van der Waals surface area contributed by atoms with E-state index in [0.29, 0.717) is 67.3 Å². The van der Waals surface area contributed by atoms with Gasteiger partial charge in [-0.25, -0.2) is 18.8 Å². The van der Waals surface area contributed by atoms with Crippen LogP contribution in [-0.2, 0) is 83.0 Å². The molecule has 5 atom stereocenters. The Bertz CT molecular complexity index is 3660. The third-order valence-electron chi connectivity index (χ3n) is 17.3. The van der Waals surface area contributed by atoms with Crippen molar-refractivity contribution >= 4 is 59.3 Å². The van der Waals surface area contributed by atoms with E-state index < -0.39 is 126 Å². The van der Waals surface area contributed by atoms with Gasteiger partial charge in [-0.05, 0) is 105 Å². The van der Waals surface area contributed by atoms with Crippen molar-refractivity contribution < 1.29 is 85.5 Å². The van der Waals surface area contributed by atoms with Crippen LogP contribution in [0.3, 0.4) is 0 Å². The summed E-state index contributed by atoms with van der Waals surface area (Å²) in [6.45, 7) is 2.39. The van der Waals surface area contributed by atoms with Gasteiger partial charge in [-0.2, -0.15) is 0 Å². The summed E-state index contributed by atoms with van der Waals surface area (Å²) in [6.07, 6.45) is 1.77. The van der Waals surface area contributed by atoms with Crippen LogP contribution in [0.2, 0.25) is 0 Å². The Morgan fingerprint density at radius 1 is 0.673 bits per heavy atom. The zero-order valence-corrected chi connectivity index (χ0v) is 56.4. The van der Waals surface area contributed by atoms with E-state index in [-0.39, 0.29) is 69.3 Å². The number of ether oxygens (including phenoxy) is 7. The highest BCUT2D eigenvalue weighted by Crippen LogP contribution is 2.35. The summed E-state index contributed by atoms with van der Waals surface area (Å²) >= 11 is 0. The Morgan fingerprint density at radius 3 is 1.97 bits per heavy atom. The lowest BCUT2D eigenvalue weighted by atomic mass is 9.87. The number of ketones is 1. The predicted octanol–water partition coefficient (Wildman–Crippen LogP) is 6.19. The molecular formula is C73H86FN7O17. The highest BCUT2D eigenvalue weighted by molar-refractivity contribution is 6.38. The van der Waals surface area contributed by atoms with Crippen molar-refractivity contribution in [1.82, 2.24) is 35.1 Å². The van der Waals surface area contributed by atoms with Gasteiger partial charge in [-0.1, -0.05) is 97.1 Å². The van der Waals surface area contributed by atoms with Crippen molar-refractivity contribution in [3.63, 3.8) is 0 Å². The molecule has 24 nitrogen and oxygen atoms in total. The average molecular weight is 1350 g/mol. The summed E-state index contributed by atoms with van der Waals surface area (Å²) in [6, 6.07) is 28.1. The first-order valence-corrected chi connectivity index (χ1v) is 32.6. The maximum Gasteiger partial charge on any atom is 0.415 e. The lowest BCUT2D eigenvalue weighted by molar-refractivity contribution is -0.165. The molecule has 0 aromatic heterocycles. The summed E-state index contributed by atoms with van der Waals surface area (Å²) in [5, 5.41) is 5.66. The molecule has 2 bridgehead atoms. The molecule has 1 unspecified atom stereocenters. The fourth-order valence-electron chi connectivity index (χ4n) is 11.6. The molecule has 7 amide bonds. The minimum atomic E-state index is -1.58. The molecule has 0 radical (unpaired) electrons. The van der Waals surface area contributed by atoms with Crippen molar-refractivity contribution in [2.75, 3.05) is 94.5 Å². The van der Waals surface area contributed by atoms with Crippen LogP contribution in [0.4, 0.5) is 9.18 Å². The van der Waals surface area contributed by atoms with Gasteiger partial charge in [0.15, 0.2) is 29.7 Å². The summed E-state index contributed by atoms with van der Waals surface area (Å²) < 4.78 is 57.0. The van der Waals surface area contributed by atoms with Crippen LogP contribution < -0.4 is 29.6 Å². The van der Waals surface area contributed by atoms with Crippen molar-refractivity contribution in [1.29, 1.82) is 0 Å². The number of carbonyl (C=O) groups excluding carboxylic acids is 10. The number of nitrogens with one attached hydrogen (secondary N) is 2. The average Bonchev–Trinajstić information content (AvgIpc) is 0.813. The Labute approximate surface area is 569 Å². The number of aryl methyl sites for hydroxylation is 1. The van der Waals surface area contributed by atoms with E-state index in [4.69, 9.17) is 33.2 Å². The zero-order chi connectivity index (χ0) is 70.5. The molecule has 522 valence electrons. The van der Waals surface area contributed by atoms with Gasteiger partial charge in [-0.15, -0.1) is 0 Å². The van der Waals surface area contributed by atoms with Crippen LogP contribution in [0.1, 0.15) is 79.9 Å². The quantitative estimate of drug-likeness (QED) is 0.104. The summed E-state index contributed by atoms with van der Waals surface area (Å²) in [7, 11) is 7.20. The maximum atomic E-state index is 17.4. The number of benzene rings is 5. The van der Waals surface area contributed by atoms with Crippen LogP contribution in [0.5, 0.6) is 23.0 Å². The van der Waals surface area contributed by atoms with Gasteiger partial charge in [0.2, 0.25) is 29.4 Å². The van der Waals surface area contributed by atoms with E-state index >= 15 is 9.18 Å². The second-order valence-corrected chi connectivity index (χ2v) is 25.0. The number of halogens is 1. The van der Waals surface area contributed by atoms with Crippen molar-refractivity contribution in [3.8, 4) is 23.0 Å². The molecule has 2 N–H and O–H groups in total. The number of fused-ring (bicyclic) bond motifs is 3. The number of amides is 7. The number of likely N-dealkylation sites (N-methyl/N-ethyl adjacent to an activating group) is 3. The van der Waals surface area contributed by atoms with Crippen molar-refractivity contribution in [2.45, 2.75) is 102 Å². The number of esters is 2. The molecule has 3 aliphatic rings. The van der Waals surface area contributed by atoms with Crippen LogP contribution in [0.15, 0.2) is 133 Å². The number of rotatable bonds is 12. The van der Waals surface area contributed by atoms with E-state index in [1.807, 2.05) is 0 Å². The normalized spacial score (nSPS) is 21.2. The third kappa shape index (κ3) is 20.2. The standard InChI is InChI=1S/C73H86FN7O17/c1-73(2)47-96-64(84)26-15-16-35-77(3)68(87)54(41-48-19-10-8-11-20-48)75-62(82)45-78(4)69(88)55(42-49-21-12-9-13-22-49)76-67(86)57(43-50-27-31-52(32-28-50)97-72(91)80-37-39-94-40-38-80)79(5)63(83)46-95-60-25-18-23-53(65(60)74)58(33-29-51-30-34-59(92-6)61(44-51)93-7)98-71(90)56-24-14-17-36-81(56)70(89)66(73)85/h8-13,15,18-23,25-28,30-32,34,44,54-58H,14,16-17,24,29,33,35-43,45-47H2,1-7H3,(H,75,82)(H,76,86)/t54-,55?,56+,57+,58-/m1/s1. The van der Waals surface area contributed by atoms with Crippen molar-refractivity contribution in [3.05, 3.63) is 167 Å². The fourth-order valence-corrected chi connectivity index (χ4v) is 11.6. The van der Waals surface area contributed by atoms with Crippen LogP contribution in [0, 0.1) is 11.2 Å². The van der Waals surface area contributed by atoms with Crippen LogP contribution in [-0.4, -0.2) is 202 Å². The lowest BCUT2D eigenvalue weighted by Crippen LogP contribution is -2.57. The lowest BCUT2D eigenvalue weighted by Gasteiger charge is -2.36. The second kappa shape index (κ2) is 35.2. The Kier molecular flexibility index (Phi) is 26.4. The van der Waals surface area contributed by atoms with E-state index in [0.717, 1.165) is 26.3 Å². The fraction of sp³-hybridized carbons (Fsp3) is 0.425. The molecule has 5 aromatic rings. The molecule has 0 saturated carbocycles. The number of morpholine rings is 1. The first-order valence-electron chi connectivity index (χ1n) is 32.6. The first kappa shape index (κ1) is 73.6. The van der Waals surface area contributed by atoms with E-state index in [1.54, 1.807) is 91.0 Å². The highest BCUT2D eigenvalue weighted by Gasteiger charge is 2.43. The highest BCUT2D eigenvalue weighted by atomic mass is 19.1. The van der Waals surface area contributed by atoms with E-state index in [9.17, 15) is 43.2 Å². The maximum absolute atomic E-state index is 17.4. The Morgan fingerprint density at radius 2 is 1.31 bits per heavy atom. The largest absolute Gasteiger partial charge is 0.493 e. The SMILES string of the molecule is COc1ccc(CC[C@H]2OC(=O)[C@@H]3CCCCN3C(=O)C(=O)C(C)(C)COC(=O)C=CCCN(C)C(=O)[C@@H](Cc3ccccc3)NC(=O)CN(C)C(=O)C(Cc3ccccc3)NC(=O)[C@H](Cc3ccc(OC(=O)N4CCOCC4)cc3)N(C)C(=O)COc3cccc2c3F)cc1OC. The molecule has 3 aliphatic heterocycles. The van der Waals surface area contributed by atoms with Crippen LogP contribution in [0.25, 0.3) is 0 Å². The van der Waals surface area contributed by atoms with Gasteiger partial charge < -0.3 is 68.3 Å². The smallest absolute Gasteiger partial charge is 0.415 e. The number of Topliss-reactive ketones (excluding diaryl/α,β-unsaturated/α-hetero) is 1. The molecule has 8 rings (SSSR count). The predicted molar refractivity (Wildman–Crippen MR) is 356 cm³/mol. The Balaban J connectivity index is 1.13. The number of nitrogens with zero attached hydrogens (tertiary/aromatic N) is 5. The monoisotopic (exact) mass is 1350 g/mol. The molecule has 25 heteroatoms. The third-order valence-corrected chi connectivity index (χ3v) is 17.3. The number of hydrogen-bond donors (Lipinski definition) is 2. The van der Waals surface area contributed by atoms with E-state index in [1.165, 1.54) is 95.4 Å². The van der Waals surface area contributed by atoms with Gasteiger partial charge in [0.05, 0.1) is 39.4 Å². The molecule has 5 aromatic carbocycles. The van der Waals surface area contributed by atoms with Gasteiger partial charge in [-0.3, -0.25) is 33.6 Å². The summed E-state index contributed by atoms with van der Waals surface area (Å²) in [5.41, 5.74) is 0.793. The number of cyclic esters (lactones) is 2. The summed E-state index contributed by atoms with van der Waals surface area (Å²) in [5.74, 6) is -7.62. The molecule has 0 aliphatic carbocycles. The Hall–Kier alpha value is -10.2. The molecule has 2 fully saturated rings. The summed E-state index contributed by atoms with van der Waals surface area (Å²) in [4.78, 5) is 148. The van der Waals surface area contributed by atoms with Crippen LogP contribution >= 0.6 is 0 Å². The number of piperidine rings is 1. The molecule has 3 heterocycles. The zero-order valence-electron chi connectivity index (χ0n) is 56.4.